The van der Waals surface area contributed by atoms with Crippen molar-refractivity contribution >= 4 is 17.0 Å². The Kier molecular flexibility index (Phi) is 8.56. The van der Waals surface area contributed by atoms with Crippen molar-refractivity contribution in [2.75, 3.05) is 19.7 Å². The van der Waals surface area contributed by atoms with Crippen LogP contribution in [0, 0.1) is 29.0 Å². The van der Waals surface area contributed by atoms with Gasteiger partial charge in [0.05, 0.1) is 47.5 Å². The van der Waals surface area contributed by atoms with Gasteiger partial charge in [-0.2, -0.15) is 5.26 Å². The fraction of sp³-hybridized carbons (Fsp3) is 0.353. The number of carboxylic acids is 1. The number of ether oxygens (including phenoxy) is 2. The van der Waals surface area contributed by atoms with E-state index in [0.29, 0.717) is 30.1 Å². The van der Waals surface area contributed by atoms with E-state index in [1.807, 2.05) is 18.2 Å². The van der Waals surface area contributed by atoms with Gasteiger partial charge in [0.2, 0.25) is 5.88 Å². The van der Waals surface area contributed by atoms with Gasteiger partial charge in [0.25, 0.3) is 0 Å². The van der Waals surface area contributed by atoms with Crippen molar-refractivity contribution in [2.45, 2.75) is 57.9 Å². The summed E-state index contributed by atoms with van der Waals surface area (Å²) in [6.07, 6.45) is 2.85. The van der Waals surface area contributed by atoms with Gasteiger partial charge in [-0.25, -0.2) is 19.2 Å². The highest BCUT2D eigenvalue weighted by atomic mass is 19.1. The van der Waals surface area contributed by atoms with E-state index in [9.17, 15) is 14.3 Å². The summed E-state index contributed by atoms with van der Waals surface area (Å²) in [4.78, 5) is 24.0. The van der Waals surface area contributed by atoms with Crippen molar-refractivity contribution in [1.82, 2.24) is 19.4 Å². The van der Waals surface area contributed by atoms with Crippen LogP contribution in [-0.2, 0) is 24.4 Å². The second kappa shape index (κ2) is 12.8. The van der Waals surface area contributed by atoms with Gasteiger partial charge in [-0.05, 0) is 69.6 Å². The van der Waals surface area contributed by atoms with Crippen molar-refractivity contribution in [3.63, 3.8) is 0 Å². The number of piperidine rings is 1. The Morgan fingerprint density at radius 1 is 1.16 bits per heavy atom. The second-order valence-electron chi connectivity index (χ2n) is 11.1. The van der Waals surface area contributed by atoms with E-state index >= 15 is 0 Å². The molecule has 4 aromatic rings. The molecule has 9 nitrogen and oxygen atoms in total. The van der Waals surface area contributed by atoms with Crippen molar-refractivity contribution in [1.29, 1.82) is 5.26 Å². The minimum atomic E-state index is -0.994. The van der Waals surface area contributed by atoms with E-state index in [2.05, 4.69) is 21.3 Å². The first-order chi connectivity index (χ1) is 21.4. The number of hydrogen-bond donors (Lipinski definition) is 1. The first-order valence-corrected chi connectivity index (χ1v) is 14.7. The Morgan fingerprint density at radius 2 is 1.98 bits per heavy atom. The standard InChI is InChI=1S/C34H32FN5O4/c1-2-4-24-16-26(34(41)42)17-30-33(24)38-31(40(30)19-27-11-14-43-27)20-39-12-9-23(10-13-39)29-5-3-6-32(37-29)44-21-25-8-7-22(18-36)15-28(25)35/h3,5-8,15-17,23,27H,9-14,19-21H2,1H3,(H,41,42)/t27-/m0/s1. The van der Waals surface area contributed by atoms with Crippen LogP contribution in [0.3, 0.4) is 0 Å². The van der Waals surface area contributed by atoms with Crippen molar-refractivity contribution < 1.29 is 23.8 Å². The fourth-order valence-corrected chi connectivity index (χ4v) is 5.79. The van der Waals surface area contributed by atoms with E-state index in [0.717, 1.165) is 61.5 Å². The summed E-state index contributed by atoms with van der Waals surface area (Å²) < 4.78 is 27.9. The number of aromatic carboxylic acids is 1. The van der Waals surface area contributed by atoms with Crippen LogP contribution < -0.4 is 4.74 Å². The molecule has 1 atom stereocenters. The first-order valence-electron chi connectivity index (χ1n) is 14.7. The van der Waals surface area contributed by atoms with E-state index in [1.54, 1.807) is 37.3 Å². The maximum absolute atomic E-state index is 14.3. The lowest BCUT2D eigenvalue weighted by atomic mass is 9.93. The molecule has 224 valence electrons. The van der Waals surface area contributed by atoms with Crippen LogP contribution in [0.2, 0.25) is 0 Å². The molecule has 0 unspecified atom stereocenters. The lowest BCUT2D eigenvalue weighted by molar-refractivity contribution is -0.0592. The van der Waals surface area contributed by atoms with Crippen LogP contribution in [0.15, 0.2) is 48.5 Å². The van der Waals surface area contributed by atoms with E-state index < -0.39 is 11.8 Å². The van der Waals surface area contributed by atoms with E-state index in [4.69, 9.17) is 24.7 Å². The zero-order valence-corrected chi connectivity index (χ0v) is 24.4. The van der Waals surface area contributed by atoms with Crippen LogP contribution in [0.5, 0.6) is 5.88 Å². The number of carbonyl (C=O) groups is 1. The highest BCUT2D eigenvalue weighted by Crippen LogP contribution is 2.30. The average Bonchev–Trinajstić information content (AvgIpc) is 3.35. The third-order valence-corrected chi connectivity index (χ3v) is 8.29. The molecule has 2 aliphatic rings. The van der Waals surface area contributed by atoms with Gasteiger partial charge in [0, 0.05) is 29.8 Å². The number of benzene rings is 2. The summed E-state index contributed by atoms with van der Waals surface area (Å²) in [7, 11) is 0. The predicted molar refractivity (Wildman–Crippen MR) is 161 cm³/mol. The molecule has 2 aromatic heterocycles. The lowest BCUT2D eigenvalue weighted by Crippen LogP contribution is -2.35. The molecule has 0 spiro atoms. The van der Waals surface area contributed by atoms with Gasteiger partial charge >= 0.3 is 5.97 Å². The summed E-state index contributed by atoms with van der Waals surface area (Å²) in [6, 6.07) is 15.2. The van der Waals surface area contributed by atoms with E-state index in [-0.39, 0.29) is 29.8 Å². The molecule has 0 aliphatic carbocycles. The summed E-state index contributed by atoms with van der Waals surface area (Å²) in [5.41, 5.74) is 3.88. The number of hydrogen-bond acceptors (Lipinski definition) is 7. The van der Waals surface area contributed by atoms with Gasteiger partial charge in [-0.3, -0.25) is 4.90 Å². The number of carboxylic acid groups (broad SMARTS) is 1. The van der Waals surface area contributed by atoms with Gasteiger partial charge in [0.1, 0.15) is 23.8 Å². The van der Waals surface area contributed by atoms with Crippen LogP contribution in [-0.4, -0.2) is 56.3 Å². The Balaban J connectivity index is 1.15. The summed E-state index contributed by atoms with van der Waals surface area (Å²) >= 11 is 0. The molecule has 0 bridgehead atoms. The third kappa shape index (κ3) is 6.28. The van der Waals surface area contributed by atoms with Crippen molar-refractivity contribution in [3.8, 4) is 23.8 Å². The summed E-state index contributed by atoms with van der Waals surface area (Å²) in [6.45, 7) is 5.43. The van der Waals surface area contributed by atoms with Crippen LogP contribution in [0.1, 0.15) is 70.7 Å². The zero-order valence-electron chi connectivity index (χ0n) is 24.4. The Morgan fingerprint density at radius 3 is 2.66 bits per heavy atom. The Bertz CT molecular complexity index is 1810. The minimum absolute atomic E-state index is 0.0266. The predicted octanol–water partition coefficient (Wildman–Crippen LogP) is 5.26. The van der Waals surface area contributed by atoms with Crippen LogP contribution in [0.25, 0.3) is 11.0 Å². The molecule has 1 N–H and O–H groups in total. The zero-order chi connectivity index (χ0) is 30.6. The molecule has 0 radical (unpaired) electrons. The maximum Gasteiger partial charge on any atom is 0.335 e. The Labute approximate surface area is 254 Å². The van der Waals surface area contributed by atoms with Crippen molar-refractivity contribution in [2.24, 2.45) is 0 Å². The molecule has 44 heavy (non-hydrogen) atoms. The highest BCUT2D eigenvalue weighted by Gasteiger charge is 2.27. The number of nitrogens with zero attached hydrogens (tertiary/aromatic N) is 5. The summed E-state index contributed by atoms with van der Waals surface area (Å²) in [5.74, 6) is 6.04. The Hall–Kier alpha value is -4.77. The molecule has 4 heterocycles. The van der Waals surface area contributed by atoms with Gasteiger partial charge < -0.3 is 19.1 Å². The molecule has 10 heteroatoms. The molecule has 2 saturated heterocycles. The number of likely N-dealkylation sites (tertiary alicyclic amines) is 1. The monoisotopic (exact) mass is 593 g/mol. The van der Waals surface area contributed by atoms with Gasteiger partial charge in [0.15, 0.2) is 0 Å². The number of halogens is 1. The van der Waals surface area contributed by atoms with Crippen LogP contribution >= 0.6 is 0 Å². The quantitative estimate of drug-likeness (QED) is 0.262. The van der Waals surface area contributed by atoms with E-state index in [1.165, 1.54) is 6.07 Å². The van der Waals surface area contributed by atoms with Gasteiger partial charge in [-0.1, -0.05) is 18.1 Å². The lowest BCUT2D eigenvalue weighted by Gasteiger charge is -2.32. The highest BCUT2D eigenvalue weighted by molar-refractivity contribution is 5.95. The number of imidazole rings is 1. The second-order valence-corrected chi connectivity index (χ2v) is 11.1. The number of fused-ring (bicyclic) bond motifs is 1. The smallest absolute Gasteiger partial charge is 0.335 e. The molecular weight excluding hydrogens is 561 g/mol. The largest absolute Gasteiger partial charge is 0.478 e. The average molecular weight is 594 g/mol. The normalized spacial score (nSPS) is 17.0. The first kappa shape index (κ1) is 29.3. The van der Waals surface area contributed by atoms with Crippen molar-refractivity contribution in [3.05, 3.63) is 88.1 Å². The molecule has 2 fully saturated rings. The minimum Gasteiger partial charge on any atom is -0.478 e. The number of rotatable bonds is 9. The number of nitriles is 1. The maximum atomic E-state index is 14.3. The molecule has 0 saturated carbocycles. The number of pyridine rings is 1. The molecule has 6 rings (SSSR count). The molecule has 2 aliphatic heterocycles. The molecular formula is C34H32FN5O4. The van der Waals surface area contributed by atoms with Crippen LogP contribution in [0.4, 0.5) is 4.39 Å². The van der Waals surface area contributed by atoms with Gasteiger partial charge in [-0.15, -0.1) is 5.92 Å². The fourth-order valence-electron chi connectivity index (χ4n) is 5.79. The molecule has 2 aromatic carbocycles. The number of aromatic nitrogens is 3. The summed E-state index contributed by atoms with van der Waals surface area (Å²) in [5, 5.41) is 18.7. The SMILES string of the molecule is CC#Cc1cc(C(=O)O)cc2c1nc(CN1CCC(c3cccc(OCc4ccc(C#N)cc4F)n3)CC1)n2C[C@@H]1CCO1. The third-order valence-electron chi connectivity index (χ3n) is 8.29. The molecule has 0 amide bonds. The topological polar surface area (TPSA) is 113 Å².